The monoisotopic (exact) mass is 353 g/mol. The van der Waals surface area contributed by atoms with Gasteiger partial charge in [-0.25, -0.2) is 0 Å². The van der Waals surface area contributed by atoms with E-state index in [0.717, 1.165) is 0 Å². The third-order valence-corrected chi connectivity index (χ3v) is 6.76. The van der Waals surface area contributed by atoms with Gasteiger partial charge in [0.15, 0.2) is 0 Å². The summed E-state index contributed by atoms with van der Waals surface area (Å²) in [6.07, 6.45) is 21.8. The van der Waals surface area contributed by atoms with Gasteiger partial charge in [-0.2, -0.15) is 0 Å². The molecule has 0 atom stereocenters. The van der Waals surface area contributed by atoms with Crippen LogP contribution in [0.3, 0.4) is 0 Å². The third kappa shape index (κ3) is 10.0. The molecule has 0 aliphatic heterocycles. The van der Waals surface area contributed by atoms with E-state index in [0.29, 0.717) is 11.1 Å². The summed E-state index contributed by atoms with van der Waals surface area (Å²) in [6.45, 7) is 14.2. The average molecular weight is 354 g/mol. The number of hydrogen-bond donors (Lipinski definition) is 1. The molecule has 1 nitrogen and oxygen atoms in total. The van der Waals surface area contributed by atoms with Crippen molar-refractivity contribution in [1.29, 1.82) is 0 Å². The number of unbranched alkanes of at least 4 members (excludes halogenated alkanes) is 8. The molecule has 0 amide bonds. The molecule has 0 aliphatic carbocycles. The van der Waals surface area contributed by atoms with Gasteiger partial charge in [0.2, 0.25) is 0 Å². The lowest BCUT2D eigenvalue weighted by molar-refractivity contribution is 0.151. The summed E-state index contributed by atoms with van der Waals surface area (Å²) in [7, 11) is 0. The standard InChI is InChI=1S/C24H51N/c1-7-13-15-17-19-21-23(9-3,10-4)25-24(11-5,12-6)22-20-18-16-14-8-2/h25H,7-22H2,1-6H3. The molecule has 0 aromatic rings. The van der Waals surface area contributed by atoms with E-state index in [2.05, 4.69) is 46.9 Å². The molecule has 0 fully saturated rings. The van der Waals surface area contributed by atoms with Crippen molar-refractivity contribution in [3.05, 3.63) is 0 Å². The minimum absolute atomic E-state index is 0.363. The first-order chi connectivity index (χ1) is 12.1. The molecule has 25 heavy (non-hydrogen) atoms. The van der Waals surface area contributed by atoms with E-state index < -0.39 is 0 Å². The summed E-state index contributed by atoms with van der Waals surface area (Å²) >= 11 is 0. The molecule has 0 heterocycles. The molecule has 0 saturated carbocycles. The Kier molecular flexibility index (Phi) is 15.0. The molecule has 0 aromatic heterocycles. The van der Waals surface area contributed by atoms with Crippen LogP contribution in [0.4, 0.5) is 0 Å². The Balaban J connectivity index is 4.68. The lowest BCUT2D eigenvalue weighted by atomic mass is 9.79. The minimum atomic E-state index is 0.363. The van der Waals surface area contributed by atoms with Gasteiger partial charge in [0.05, 0.1) is 0 Å². The van der Waals surface area contributed by atoms with Crippen LogP contribution < -0.4 is 5.32 Å². The summed E-state index contributed by atoms with van der Waals surface area (Å²) < 4.78 is 0. The number of hydrogen-bond acceptors (Lipinski definition) is 1. The van der Waals surface area contributed by atoms with E-state index in [1.165, 1.54) is 103 Å². The van der Waals surface area contributed by atoms with Crippen LogP contribution in [0.1, 0.15) is 144 Å². The molecule has 0 radical (unpaired) electrons. The highest BCUT2D eigenvalue weighted by atomic mass is 15.1. The predicted octanol–water partition coefficient (Wildman–Crippen LogP) is 8.41. The van der Waals surface area contributed by atoms with Crippen molar-refractivity contribution in [1.82, 2.24) is 5.32 Å². The predicted molar refractivity (Wildman–Crippen MR) is 117 cm³/mol. The molecular weight excluding hydrogens is 302 g/mol. The zero-order valence-corrected chi connectivity index (χ0v) is 18.8. The van der Waals surface area contributed by atoms with Crippen LogP contribution >= 0.6 is 0 Å². The van der Waals surface area contributed by atoms with Crippen LogP contribution in [0.5, 0.6) is 0 Å². The fourth-order valence-corrected chi connectivity index (χ4v) is 4.38. The second-order valence-corrected chi connectivity index (χ2v) is 8.43. The zero-order chi connectivity index (χ0) is 19.0. The van der Waals surface area contributed by atoms with Gasteiger partial charge in [-0.3, -0.25) is 0 Å². The highest BCUT2D eigenvalue weighted by molar-refractivity contribution is 4.96. The normalized spacial score (nSPS) is 12.7. The molecule has 0 saturated heterocycles. The van der Waals surface area contributed by atoms with Crippen LogP contribution in [0.2, 0.25) is 0 Å². The first-order valence-corrected chi connectivity index (χ1v) is 11.9. The second-order valence-electron chi connectivity index (χ2n) is 8.43. The van der Waals surface area contributed by atoms with Crippen molar-refractivity contribution in [2.45, 2.75) is 155 Å². The van der Waals surface area contributed by atoms with Crippen LogP contribution in [-0.4, -0.2) is 11.1 Å². The molecule has 152 valence electrons. The molecule has 1 heteroatoms. The number of rotatable bonds is 18. The first kappa shape index (κ1) is 25.0. The number of nitrogens with one attached hydrogen (secondary N) is 1. The fourth-order valence-electron chi connectivity index (χ4n) is 4.38. The van der Waals surface area contributed by atoms with E-state index in [-0.39, 0.29) is 0 Å². The van der Waals surface area contributed by atoms with Gasteiger partial charge < -0.3 is 5.32 Å². The lowest BCUT2D eigenvalue weighted by Gasteiger charge is -2.45. The Hall–Kier alpha value is -0.0400. The molecule has 1 N–H and O–H groups in total. The van der Waals surface area contributed by atoms with Crippen molar-refractivity contribution >= 4 is 0 Å². The smallest absolute Gasteiger partial charge is 0.0181 e. The van der Waals surface area contributed by atoms with Crippen LogP contribution in [0.15, 0.2) is 0 Å². The van der Waals surface area contributed by atoms with E-state index in [1.54, 1.807) is 0 Å². The van der Waals surface area contributed by atoms with Crippen LogP contribution in [-0.2, 0) is 0 Å². The summed E-state index contributed by atoms with van der Waals surface area (Å²) in [4.78, 5) is 0. The fraction of sp³-hybridized carbons (Fsp3) is 1.00. The average Bonchev–Trinajstić information content (AvgIpc) is 2.65. The van der Waals surface area contributed by atoms with Crippen molar-refractivity contribution in [3.8, 4) is 0 Å². The van der Waals surface area contributed by atoms with E-state index in [4.69, 9.17) is 0 Å². The van der Waals surface area contributed by atoms with Crippen molar-refractivity contribution in [2.24, 2.45) is 0 Å². The maximum absolute atomic E-state index is 4.26. The van der Waals surface area contributed by atoms with Gasteiger partial charge in [0.1, 0.15) is 0 Å². The van der Waals surface area contributed by atoms with Gasteiger partial charge in [-0.1, -0.05) is 106 Å². The van der Waals surface area contributed by atoms with Crippen LogP contribution in [0.25, 0.3) is 0 Å². The maximum atomic E-state index is 4.26. The molecule has 0 aliphatic rings. The highest BCUT2D eigenvalue weighted by Crippen LogP contribution is 2.32. The van der Waals surface area contributed by atoms with E-state index in [9.17, 15) is 0 Å². The van der Waals surface area contributed by atoms with Crippen LogP contribution in [0, 0.1) is 0 Å². The van der Waals surface area contributed by atoms with Gasteiger partial charge in [0, 0.05) is 11.1 Å². The van der Waals surface area contributed by atoms with Gasteiger partial charge in [-0.05, 0) is 38.5 Å². The second kappa shape index (κ2) is 15.1. The quantitative estimate of drug-likeness (QED) is 0.244. The Morgan fingerprint density at radius 3 is 1.04 bits per heavy atom. The van der Waals surface area contributed by atoms with Crippen molar-refractivity contribution < 1.29 is 0 Å². The molecule has 0 bridgehead atoms. The SMILES string of the molecule is CCCCCCCC(CC)(CC)NC(CC)(CC)CCCCCCC. The zero-order valence-electron chi connectivity index (χ0n) is 18.8. The highest BCUT2D eigenvalue weighted by Gasteiger charge is 2.35. The summed E-state index contributed by atoms with van der Waals surface area (Å²) in [6, 6.07) is 0. The largest absolute Gasteiger partial charge is 0.306 e. The topological polar surface area (TPSA) is 12.0 Å². The lowest BCUT2D eigenvalue weighted by Crippen LogP contribution is -2.57. The Bertz CT molecular complexity index is 248. The summed E-state index contributed by atoms with van der Waals surface area (Å²) in [5, 5.41) is 4.26. The van der Waals surface area contributed by atoms with E-state index in [1.807, 2.05) is 0 Å². The Morgan fingerprint density at radius 1 is 0.440 bits per heavy atom. The van der Waals surface area contributed by atoms with E-state index >= 15 is 0 Å². The van der Waals surface area contributed by atoms with Crippen molar-refractivity contribution in [2.75, 3.05) is 0 Å². The molecule has 0 spiro atoms. The van der Waals surface area contributed by atoms with Gasteiger partial charge in [0.25, 0.3) is 0 Å². The molecule has 0 unspecified atom stereocenters. The van der Waals surface area contributed by atoms with Gasteiger partial charge in [-0.15, -0.1) is 0 Å². The molecule has 0 aromatic carbocycles. The Labute approximate surface area is 161 Å². The summed E-state index contributed by atoms with van der Waals surface area (Å²) in [5.41, 5.74) is 0.726. The first-order valence-electron chi connectivity index (χ1n) is 11.9. The minimum Gasteiger partial charge on any atom is -0.306 e. The maximum Gasteiger partial charge on any atom is 0.0181 e. The molecular formula is C24H51N. The summed E-state index contributed by atoms with van der Waals surface area (Å²) in [5.74, 6) is 0. The molecule has 0 rings (SSSR count). The van der Waals surface area contributed by atoms with Gasteiger partial charge >= 0.3 is 0 Å². The van der Waals surface area contributed by atoms with Crippen molar-refractivity contribution in [3.63, 3.8) is 0 Å². The Morgan fingerprint density at radius 2 is 0.760 bits per heavy atom. The third-order valence-electron chi connectivity index (χ3n) is 6.76.